The van der Waals surface area contributed by atoms with Gasteiger partial charge in [-0.15, -0.1) is 0 Å². The molecule has 0 aromatic heterocycles. The first-order valence-electron chi connectivity index (χ1n) is 25.2. The van der Waals surface area contributed by atoms with Crippen LogP contribution in [-0.4, -0.2) is 152 Å². The maximum atomic E-state index is 13.8. The van der Waals surface area contributed by atoms with Gasteiger partial charge >= 0.3 is 6.09 Å². The molecule has 0 radical (unpaired) electrons. The predicted octanol–water partition coefficient (Wildman–Crippen LogP) is 1.11. The van der Waals surface area contributed by atoms with Gasteiger partial charge in [-0.2, -0.15) is 0 Å². The second kappa shape index (κ2) is 26.5. The fourth-order valence-corrected chi connectivity index (χ4v) is 8.31. The van der Waals surface area contributed by atoms with E-state index in [0.717, 1.165) is 5.56 Å². The number of fused-ring (bicyclic) bond motifs is 3. The summed E-state index contributed by atoms with van der Waals surface area (Å²) in [4.78, 5) is 106. The number of rotatable bonds is 24. The number of benzene rings is 2. The summed E-state index contributed by atoms with van der Waals surface area (Å²) < 4.78 is 41.6. The molecular weight excluding hydrogens is 977 g/mol. The highest BCUT2D eigenvalue weighted by atomic mass is 16.9. The van der Waals surface area contributed by atoms with E-state index in [9.17, 15) is 38.4 Å². The van der Waals surface area contributed by atoms with Crippen molar-refractivity contribution in [2.24, 2.45) is 5.92 Å². The zero-order valence-corrected chi connectivity index (χ0v) is 44.7. The second-order valence-electron chi connectivity index (χ2n) is 21.1. The minimum Gasteiger partial charge on any atom is -0.444 e. The predicted molar refractivity (Wildman–Crippen MR) is 269 cm³/mol. The fraction of sp³-hybridized carbons (Fsp3) is 0.615. The third-order valence-electron chi connectivity index (χ3n) is 11.8. The summed E-state index contributed by atoms with van der Waals surface area (Å²) >= 11 is 0. The van der Waals surface area contributed by atoms with Gasteiger partial charge in [0.2, 0.25) is 41.4 Å². The highest BCUT2D eigenvalue weighted by Gasteiger charge is 2.60. The number of carbonyl (C=O) groups excluding carboxylic acids is 8. The van der Waals surface area contributed by atoms with E-state index in [1.165, 1.54) is 13.8 Å². The van der Waals surface area contributed by atoms with Crippen molar-refractivity contribution in [2.75, 3.05) is 26.2 Å². The number of ether oxygens (including phenoxy) is 7. The van der Waals surface area contributed by atoms with Crippen LogP contribution in [0.4, 0.5) is 4.79 Å². The fourth-order valence-electron chi connectivity index (χ4n) is 8.31. The molecule has 3 aliphatic heterocycles. The third-order valence-corrected chi connectivity index (χ3v) is 11.8. The molecule has 2 aromatic rings. The number of hydrogen-bond donors (Lipinski definition) is 8. The van der Waals surface area contributed by atoms with E-state index in [-0.39, 0.29) is 38.5 Å². The molecule has 414 valence electrons. The standard InChI is InChI=1S/C52H76N8O15/c1-29(2)22-34(60-49(68)75-50(5,6)7)46(66)57-31(4)44(64)59-36(28-69-27-33-20-16-13-17-21-33)45(65)55-25-38(61)53-26-39(62)58-35(23-32-18-14-12-15-19-32)47(67)56-30(3)43(63)54-24-37-40-41(72-51(8,9)71-40)42-48(70-37)74-52(10,11)73-42/h12-21,29-31,34-37,40-42,48H,22-28H2,1-11H3,(H,53,61)(H,54,63)(H,55,65)(H,56,67)(H,57,66)(H,58,62)(H,59,64)(H,60,68)/t30-,31-,34-,35-,36-,37?,40-,41?,42?,48+/m0/s1. The smallest absolute Gasteiger partial charge is 0.408 e. The van der Waals surface area contributed by atoms with Crippen molar-refractivity contribution in [3.05, 3.63) is 71.8 Å². The lowest BCUT2D eigenvalue weighted by molar-refractivity contribution is -0.232. The molecule has 0 saturated carbocycles. The topological polar surface area (TPSA) is 297 Å². The first-order valence-corrected chi connectivity index (χ1v) is 25.2. The molecule has 23 nitrogen and oxygen atoms in total. The Kier molecular flexibility index (Phi) is 21.1. The molecule has 8 N–H and O–H groups in total. The van der Waals surface area contributed by atoms with Crippen LogP contribution in [0.15, 0.2) is 60.7 Å². The van der Waals surface area contributed by atoms with Gasteiger partial charge in [0.05, 0.1) is 26.3 Å². The van der Waals surface area contributed by atoms with Gasteiger partial charge < -0.3 is 75.7 Å². The highest BCUT2D eigenvalue weighted by Crippen LogP contribution is 2.44. The van der Waals surface area contributed by atoms with Gasteiger partial charge in [-0.1, -0.05) is 74.5 Å². The Morgan fingerprint density at radius 1 is 0.573 bits per heavy atom. The van der Waals surface area contributed by atoms with E-state index in [4.69, 9.17) is 33.2 Å². The number of hydrogen-bond acceptors (Lipinski definition) is 15. The van der Waals surface area contributed by atoms with Crippen LogP contribution < -0.4 is 42.5 Å². The van der Waals surface area contributed by atoms with Crippen molar-refractivity contribution in [3.8, 4) is 0 Å². The Hall–Kier alpha value is -6.24. The van der Waals surface area contributed by atoms with Crippen molar-refractivity contribution in [1.82, 2.24) is 42.5 Å². The van der Waals surface area contributed by atoms with Crippen LogP contribution in [0.5, 0.6) is 0 Å². The SMILES string of the molecule is CC(C)C[C@H](NC(=O)OC(C)(C)C)C(=O)N[C@@H](C)C(=O)N[C@@H](COCc1ccccc1)C(=O)NCC(=O)NCC(=O)N[C@@H](Cc1ccccc1)C(=O)N[C@@H](C)C(=O)NCC1O[C@@H]2OC(C)(C)OC2C2OC(C)(C)O[C@@H]12. The van der Waals surface area contributed by atoms with Gasteiger partial charge in [0.15, 0.2) is 17.9 Å². The monoisotopic (exact) mass is 1050 g/mol. The first kappa shape index (κ1) is 59.6. The second-order valence-corrected chi connectivity index (χ2v) is 21.1. The summed E-state index contributed by atoms with van der Waals surface area (Å²) in [6, 6.07) is 12.1. The van der Waals surface area contributed by atoms with E-state index in [2.05, 4.69) is 42.5 Å². The van der Waals surface area contributed by atoms with Gasteiger partial charge in [-0.25, -0.2) is 4.79 Å². The molecule has 10 atom stereocenters. The number of nitrogens with one attached hydrogen (secondary N) is 8. The van der Waals surface area contributed by atoms with Crippen LogP contribution in [0.3, 0.4) is 0 Å². The summed E-state index contributed by atoms with van der Waals surface area (Å²) in [6.07, 6.45) is -3.65. The molecule has 3 saturated heterocycles. The Labute approximate surface area is 438 Å². The zero-order chi connectivity index (χ0) is 55.3. The average Bonchev–Trinajstić information content (AvgIpc) is 3.83. The lowest BCUT2D eigenvalue weighted by atomic mass is 9.99. The van der Waals surface area contributed by atoms with Crippen molar-refractivity contribution >= 4 is 47.4 Å². The van der Waals surface area contributed by atoms with Gasteiger partial charge in [0.1, 0.15) is 60.2 Å². The maximum Gasteiger partial charge on any atom is 0.408 e. The Morgan fingerprint density at radius 2 is 1.13 bits per heavy atom. The van der Waals surface area contributed by atoms with Crippen LogP contribution in [-0.2, 0) is 79.7 Å². The molecular formula is C52H76N8O15. The summed E-state index contributed by atoms with van der Waals surface area (Å²) in [5.41, 5.74) is 0.669. The largest absolute Gasteiger partial charge is 0.444 e. The lowest BCUT2D eigenvalue weighted by Gasteiger charge is -2.37. The highest BCUT2D eigenvalue weighted by molar-refractivity contribution is 5.96. The molecule has 75 heavy (non-hydrogen) atoms. The Balaban J connectivity index is 1.13. The number of amides is 8. The number of carbonyl (C=O) groups is 8. The molecule has 3 fully saturated rings. The molecule has 3 unspecified atom stereocenters. The summed E-state index contributed by atoms with van der Waals surface area (Å²) in [7, 11) is 0. The lowest BCUT2D eigenvalue weighted by Crippen LogP contribution is -2.59. The molecule has 8 amide bonds. The Morgan fingerprint density at radius 3 is 1.76 bits per heavy atom. The average molecular weight is 1050 g/mol. The van der Waals surface area contributed by atoms with E-state index in [1.807, 2.05) is 32.0 Å². The molecule has 5 rings (SSSR count). The first-order chi connectivity index (χ1) is 35.2. The van der Waals surface area contributed by atoms with E-state index in [1.54, 1.807) is 90.9 Å². The van der Waals surface area contributed by atoms with E-state index in [0.29, 0.717) is 5.56 Å². The van der Waals surface area contributed by atoms with Crippen molar-refractivity contribution in [1.29, 1.82) is 0 Å². The minimum atomic E-state index is -1.35. The van der Waals surface area contributed by atoms with Gasteiger partial charge in [-0.3, -0.25) is 33.6 Å². The van der Waals surface area contributed by atoms with Gasteiger partial charge in [0, 0.05) is 13.0 Å². The quantitative estimate of drug-likeness (QED) is 0.0731. The summed E-state index contributed by atoms with van der Waals surface area (Å²) in [5, 5.41) is 20.7. The van der Waals surface area contributed by atoms with Crippen molar-refractivity contribution in [3.63, 3.8) is 0 Å². The van der Waals surface area contributed by atoms with Gasteiger partial charge in [-0.05, 0) is 85.8 Å². The zero-order valence-electron chi connectivity index (χ0n) is 44.7. The molecule has 0 spiro atoms. The maximum absolute atomic E-state index is 13.8. The molecule has 2 aromatic carbocycles. The van der Waals surface area contributed by atoms with Gasteiger partial charge in [0.25, 0.3) is 0 Å². The molecule has 23 heteroatoms. The normalized spacial score (nSPS) is 22.3. The van der Waals surface area contributed by atoms with Crippen molar-refractivity contribution < 1.29 is 71.5 Å². The molecule has 0 aliphatic carbocycles. The summed E-state index contributed by atoms with van der Waals surface area (Å²) in [5.74, 6) is -6.87. The summed E-state index contributed by atoms with van der Waals surface area (Å²) in [6.45, 7) is 17.3. The minimum absolute atomic E-state index is 0.00972. The molecule has 3 aliphatic rings. The Bertz CT molecular complexity index is 2300. The third kappa shape index (κ3) is 19.1. The van der Waals surface area contributed by atoms with Crippen molar-refractivity contribution in [2.45, 2.75) is 174 Å². The number of alkyl carbamates (subject to hydrolysis) is 1. The van der Waals surface area contributed by atoms with Crippen LogP contribution >= 0.6 is 0 Å². The van der Waals surface area contributed by atoms with E-state index < -0.39 is 139 Å². The van der Waals surface area contributed by atoms with Crippen LogP contribution in [0, 0.1) is 5.92 Å². The van der Waals surface area contributed by atoms with Crippen LogP contribution in [0.1, 0.15) is 93.7 Å². The van der Waals surface area contributed by atoms with Crippen LogP contribution in [0.25, 0.3) is 0 Å². The van der Waals surface area contributed by atoms with Crippen LogP contribution in [0.2, 0.25) is 0 Å². The molecule has 3 heterocycles. The molecule has 0 bridgehead atoms. The van der Waals surface area contributed by atoms with E-state index >= 15 is 0 Å².